The molecule has 0 aliphatic rings. The van der Waals surface area contributed by atoms with Gasteiger partial charge in [-0.2, -0.15) is 8.78 Å². The summed E-state index contributed by atoms with van der Waals surface area (Å²) >= 11 is 0. The van der Waals surface area contributed by atoms with Crippen molar-refractivity contribution in [3.8, 4) is 5.75 Å². The van der Waals surface area contributed by atoms with E-state index in [4.69, 9.17) is 4.43 Å². The van der Waals surface area contributed by atoms with Gasteiger partial charge in [-0.25, -0.2) is 18.0 Å². The summed E-state index contributed by atoms with van der Waals surface area (Å²) in [5, 5.41) is 2.22. The zero-order valence-electron chi connectivity index (χ0n) is 14.9. The van der Waals surface area contributed by atoms with Gasteiger partial charge < -0.3 is 14.5 Å². The molecule has 0 saturated heterocycles. The van der Waals surface area contributed by atoms with Crippen LogP contribution in [0, 0.1) is 29.1 Å². The monoisotopic (exact) mass is 399 g/mol. The van der Waals surface area contributed by atoms with Crippen LogP contribution in [-0.4, -0.2) is 28.1 Å². The van der Waals surface area contributed by atoms with E-state index in [-0.39, 0.29) is 6.54 Å². The van der Waals surface area contributed by atoms with Crippen LogP contribution in [0.4, 0.5) is 26.7 Å². The second-order valence-electron chi connectivity index (χ2n) is 5.77. The van der Waals surface area contributed by atoms with Crippen molar-refractivity contribution in [1.29, 1.82) is 0 Å². The molecule has 0 bridgehead atoms. The molecule has 0 aromatic heterocycles. The van der Waals surface area contributed by atoms with Crippen LogP contribution in [0.15, 0.2) is 0 Å². The topological polar surface area (TPSA) is 47.6 Å². The summed E-state index contributed by atoms with van der Waals surface area (Å²) < 4.78 is 75.7. The van der Waals surface area contributed by atoms with Gasteiger partial charge in [0, 0.05) is 13.7 Å². The molecule has 0 unspecified atom stereocenters. The van der Waals surface area contributed by atoms with Crippen LogP contribution in [0.5, 0.6) is 5.75 Å². The molecule has 1 amide bonds. The van der Waals surface area contributed by atoms with E-state index < -0.39 is 49.2 Å². The molecule has 0 atom stereocenters. The predicted molar refractivity (Wildman–Crippen MR) is 88.0 cm³/mol. The summed E-state index contributed by atoms with van der Waals surface area (Å²) in [5.41, 5.74) is 0. The molecule has 0 saturated carbocycles. The molecule has 10 heteroatoms. The molecule has 0 spiro atoms. The molecule has 1 aromatic rings. The zero-order chi connectivity index (χ0) is 19.9. The van der Waals surface area contributed by atoms with Crippen molar-refractivity contribution < 1.29 is 35.9 Å². The third-order valence-electron chi connectivity index (χ3n) is 4.41. The minimum atomic E-state index is -2.31. The number of hydrogen-bond acceptors (Lipinski definition) is 3. The van der Waals surface area contributed by atoms with Gasteiger partial charge in [0.25, 0.3) is 0 Å². The number of hydrogen-bond donors (Lipinski definition) is 1. The number of ether oxygens (including phenoxy) is 1. The van der Waals surface area contributed by atoms with Gasteiger partial charge in [-0.05, 0) is 24.6 Å². The number of amides is 1. The number of rotatable bonds is 9. The van der Waals surface area contributed by atoms with Gasteiger partial charge in [0.2, 0.25) is 34.8 Å². The van der Waals surface area contributed by atoms with Crippen molar-refractivity contribution >= 4 is 14.4 Å². The third kappa shape index (κ3) is 5.16. The van der Waals surface area contributed by atoms with Crippen molar-refractivity contribution in [2.24, 2.45) is 0 Å². The number of carbonyl (C=O) groups excluding carboxylic acids is 1. The van der Waals surface area contributed by atoms with E-state index in [2.05, 4.69) is 23.9 Å². The maximum atomic E-state index is 13.4. The summed E-state index contributed by atoms with van der Waals surface area (Å²) in [4.78, 5) is 11.5. The molecule has 1 N–H and O–H groups in total. The first-order valence-corrected chi connectivity index (χ1v) is 10.8. The molecule has 148 valence electrons. The van der Waals surface area contributed by atoms with Crippen LogP contribution >= 0.6 is 0 Å². The lowest BCUT2D eigenvalue weighted by atomic mass is 10.2. The van der Waals surface area contributed by atoms with E-state index in [0.717, 1.165) is 24.6 Å². The smallest absolute Gasteiger partial charge is 0.412 e. The predicted octanol–water partition coefficient (Wildman–Crippen LogP) is 4.88. The Balaban J connectivity index is 2.54. The molecule has 0 radical (unpaired) electrons. The van der Waals surface area contributed by atoms with E-state index in [0.29, 0.717) is 6.42 Å². The normalized spacial score (nSPS) is 11.5. The first kappa shape index (κ1) is 22.4. The molecule has 0 aliphatic carbocycles. The molecule has 0 fully saturated rings. The van der Waals surface area contributed by atoms with Crippen molar-refractivity contribution in [2.45, 2.75) is 44.8 Å². The third-order valence-corrected chi connectivity index (χ3v) is 9.12. The Kier molecular flexibility index (Phi) is 8.48. The Labute approximate surface area is 149 Å². The van der Waals surface area contributed by atoms with Gasteiger partial charge in [-0.15, -0.1) is 0 Å². The SMILES string of the molecule is CC[Si](CC)(CCCCNC(=O)Oc1c(F)c(F)c(F)c(F)c1F)OC. The van der Waals surface area contributed by atoms with Gasteiger partial charge in [-0.3, -0.25) is 0 Å². The van der Waals surface area contributed by atoms with Crippen LogP contribution in [0.3, 0.4) is 0 Å². The van der Waals surface area contributed by atoms with E-state index in [1.165, 1.54) is 0 Å². The molecule has 4 nitrogen and oxygen atoms in total. The van der Waals surface area contributed by atoms with Crippen LogP contribution in [-0.2, 0) is 4.43 Å². The Morgan fingerprint density at radius 3 is 1.88 bits per heavy atom. The fraction of sp³-hybridized carbons (Fsp3) is 0.562. The highest BCUT2D eigenvalue weighted by molar-refractivity contribution is 6.73. The quantitative estimate of drug-likeness (QED) is 0.212. The minimum Gasteiger partial charge on any atom is -0.420 e. The highest BCUT2D eigenvalue weighted by atomic mass is 28.4. The highest BCUT2D eigenvalue weighted by Gasteiger charge is 2.29. The van der Waals surface area contributed by atoms with Gasteiger partial charge in [0.1, 0.15) is 0 Å². The largest absolute Gasteiger partial charge is 0.420 e. The lowest BCUT2D eigenvalue weighted by molar-refractivity contribution is 0.193. The van der Waals surface area contributed by atoms with E-state index >= 15 is 0 Å². The average Bonchev–Trinajstić information content (AvgIpc) is 2.65. The van der Waals surface area contributed by atoms with E-state index in [1.807, 2.05) is 0 Å². The van der Waals surface area contributed by atoms with Crippen molar-refractivity contribution in [3.05, 3.63) is 29.1 Å². The number of benzene rings is 1. The zero-order valence-corrected chi connectivity index (χ0v) is 15.9. The van der Waals surface area contributed by atoms with Crippen LogP contribution in [0.25, 0.3) is 0 Å². The number of carbonyl (C=O) groups is 1. The molecule has 1 aromatic carbocycles. The highest BCUT2D eigenvalue weighted by Crippen LogP contribution is 2.29. The average molecular weight is 399 g/mol. The summed E-state index contributed by atoms with van der Waals surface area (Å²) in [6.07, 6.45) is 0.0314. The van der Waals surface area contributed by atoms with Crippen LogP contribution in [0.1, 0.15) is 26.7 Å². The van der Waals surface area contributed by atoms with Crippen LogP contribution < -0.4 is 10.1 Å². The first-order valence-electron chi connectivity index (χ1n) is 8.25. The van der Waals surface area contributed by atoms with Gasteiger partial charge in [0.05, 0.1) is 0 Å². The first-order chi connectivity index (χ1) is 12.2. The second kappa shape index (κ2) is 9.86. The van der Waals surface area contributed by atoms with Gasteiger partial charge in [-0.1, -0.05) is 20.3 Å². The molecule has 1 rings (SSSR count). The number of unbranched alkanes of at least 4 members (excludes halogenated alkanes) is 1. The molecular formula is C16H22F5NO3Si. The Morgan fingerprint density at radius 2 is 1.42 bits per heavy atom. The molecule has 26 heavy (non-hydrogen) atoms. The van der Waals surface area contributed by atoms with Crippen molar-refractivity contribution in [3.63, 3.8) is 0 Å². The van der Waals surface area contributed by atoms with Gasteiger partial charge in [0.15, 0.2) is 8.32 Å². The standard InChI is InChI=1S/C16H22F5NO3Si/c1-4-26(5-2,24-3)9-7-6-8-22-16(23)25-15-13(20)11(18)10(17)12(19)14(15)21/h4-9H2,1-3H3,(H,22,23). The maximum Gasteiger partial charge on any atom is 0.412 e. The van der Waals surface area contributed by atoms with Crippen molar-refractivity contribution in [1.82, 2.24) is 5.32 Å². The lowest BCUT2D eigenvalue weighted by Gasteiger charge is -2.27. The fourth-order valence-electron chi connectivity index (χ4n) is 2.56. The van der Waals surface area contributed by atoms with E-state index in [9.17, 15) is 26.7 Å². The summed E-state index contributed by atoms with van der Waals surface area (Å²) in [5.74, 6) is -12.7. The lowest BCUT2D eigenvalue weighted by Crippen LogP contribution is -2.35. The summed E-state index contributed by atoms with van der Waals surface area (Å²) in [6.45, 7) is 4.27. The molecule has 0 heterocycles. The summed E-state index contributed by atoms with van der Waals surface area (Å²) in [7, 11) is -0.0571. The minimum absolute atomic E-state index is 0.135. The second-order valence-corrected chi connectivity index (χ2v) is 10.5. The maximum absolute atomic E-state index is 13.4. The Bertz CT molecular complexity index is 604. The molecule has 0 aliphatic heterocycles. The fourth-order valence-corrected chi connectivity index (χ4v) is 5.44. The van der Waals surface area contributed by atoms with Crippen molar-refractivity contribution in [2.75, 3.05) is 13.7 Å². The van der Waals surface area contributed by atoms with Gasteiger partial charge >= 0.3 is 6.09 Å². The number of nitrogens with one attached hydrogen (secondary N) is 1. The number of halogens is 5. The van der Waals surface area contributed by atoms with E-state index in [1.54, 1.807) is 7.11 Å². The van der Waals surface area contributed by atoms with Crippen LogP contribution in [0.2, 0.25) is 18.1 Å². The molecular weight excluding hydrogens is 377 g/mol. The summed E-state index contributed by atoms with van der Waals surface area (Å²) in [6, 6.07) is 2.83. The Morgan fingerprint density at radius 1 is 0.923 bits per heavy atom. The Hall–Kier alpha value is -1.68.